The van der Waals surface area contributed by atoms with Crippen molar-refractivity contribution in [3.8, 4) is 5.75 Å². The Labute approximate surface area is 114 Å². The summed E-state index contributed by atoms with van der Waals surface area (Å²) < 4.78 is 7.55. The lowest BCUT2D eigenvalue weighted by atomic mass is 9.91. The summed E-state index contributed by atoms with van der Waals surface area (Å²) in [6.07, 6.45) is 3.74. The van der Waals surface area contributed by atoms with Crippen molar-refractivity contribution in [3.05, 3.63) is 47.0 Å². The predicted octanol–water partition coefficient (Wildman–Crippen LogP) is 2.14. The minimum Gasteiger partial charge on any atom is -0.496 e. The van der Waals surface area contributed by atoms with Gasteiger partial charge in [-0.2, -0.15) is 0 Å². The van der Waals surface area contributed by atoms with Gasteiger partial charge in [0, 0.05) is 31.5 Å². The first-order valence-electron chi connectivity index (χ1n) is 6.41. The number of imidazole rings is 1. The molecule has 1 unspecified atom stereocenters. The third-order valence-corrected chi connectivity index (χ3v) is 3.47. The van der Waals surface area contributed by atoms with Gasteiger partial charge in [0.25, 0.3) is 0 Å². The third kappa shape index (κ3) is 2.49. The summed E-state index contributed by atoms with van der Waals surface area (Å²) in [5.74, 6) is 1.90. The average Bonchev–Trinajstić information content (AvgIpc) is 2.78. The van der Waals surface area contributed by atoms with Gasteiger partial charge in [-0.15, -0.1) is 0 Å². The van der Waals surface area contributed by atoms with Crippen LogP contribution in [0.4, 0.5) is 0 Å². The first-order chi connectivity index (χ1) is 9.08. The first kappa shape index (κ1) is 13.6. The number of aromatic nitrogens is 2. The van der Waals surface area contributed by atoms with Crippen LogP contribution in [0.1, 0.15) is 28.4 Å². The lowest BCUT2D eigenvalue weighted by Gasteiger charge is -2.21. The molecule has 102 valence electrons. The summed E-state index contributed by atoms with van der Waals surface area (Å²) in [6, 6.07) is 4.21. The highest BCUT2D eigenvalue weighted by Crippen LogP contribution is 2.34. The van der Waals surface area contributed by atoms with Crippen molar-refractivity contribution >= 4 is 0 Å². The molecule has 2 N–H and O–H groups in total. The molecule has 0 saturated heterocycles. The predicted molar refractivity (Wildman–Crippen MR) is 76.6 cm³/mol. The second-order valence-corrected chi connectivity index (χ2v) is 4.88. The molecular weight excluding hydrogens is 238 g/mol. The van der Waals surface area contributed by atoms with Gasteiger partial charge in [0.05, 0.1) is 13.0 Å². The molecule has 0 bridgehead atoms. The highest BCUT2D eigenvalue weighted by atomic mass is 16.5. The maximum absolute atomic E-state index is 5.99. The first-order valence-corrected chi connectivity index (χ1v) is 6.41. The number of aryl methyl sites for hydroxylation is 3. The molecular formula is C15H21N3O. The van der Waals surface area contributed by atoms with Crippen LogP contribution < -0.4 is 10.5 Å². The average molecular weight is 259 g/mol. The molecule has 0 radical (unpaired) electrons. The van der Waals surface area contributed by atoms with E-state index >= 15 is 0 Å². The molecule has 0 aliphatic carbocycles. The van der Waals surface area contributed by atoms with E-state index in [2.05, 4.69) is 24.9 Å². The molecule has 0 saturated carbocycles. The molecule has 0 aliphatic rings. The molecule has 2 aromatic rings. The quantitative estimate of drug-likeness (QED) is 0.915. The van der Waals surface area contributed by atoms with Crippen molar-refractivity contribution in [2.75, 3.05) is 13.7 Å². The van der Waals surface area contributed by atoms with Gasteiger partial charge in [-0.3, -0.25) is 0 Å². The number of hydrogen-bond acceptors (Lipinski definition) is 3. The zero-order valence-corrected chi connectivity index (χ0v) is 12.0. The van der Waals surface area contributed by atoms with Gasteiger partial charge in [-0.05, 0) is 31.0 Å². The summed E-state index contributed by atoms with van der Waals surface area (Å²) in [5.41, 5.74) is 9.49. The summed E-state index contributed by atoms with van der Waals surface area (Å²) in [6.45, 7) is 4.67. The van der Waals surface area contributed by atoms with Gasteiger partial charge >= 0.3 is 0 Å². The van der Waals surface area contributed by atoms with Crippen LogP contribution in [0.25, 0.3) is 0 Å². The number of methoxy groups -OCH3 is 1. The van der Waals surface area contributed by atoms with E-state index in [1.807, 2.05) is 23.9 Å². The Bertz CT molecular complexity index is 575. The fourth-order valence-corrected chi connectivity index (χ4v) is 2.62. The van der Waals surface area contributed by atoms with Crippen molar-refractivity contribution < 1.29 is 4.74 Å². The summed E-state index contributed by atoms with van der Waals surface area (Å²) in [4.78, 5) is 4.43. The number of hydrogen-bond donors (Lipinski definition) is 1. The maximum atomic E-state index is 5.99. The van der Waals surface area contributed by atoms with Crippen molar-refractivity contribution in [1.82, 2.24) is 9.55 Å². The SMILES string of the molecule is COc1cc(C)cc(C)c1C(CN)c1nccn1C. The Morgan fingerprint density at radius 3 is 2.63 bits per heavy atom. The van der Waals surface area contributed by atoms with E-state index in [0.29, 0.717) is 6.54 Å². The van der Waals surface area contributed by atoms with Gasteiger partial charge in [-0.1, -0.05) is 6.07 Å². The van der Waals surface area contributed by atoms with Gasteiger partial charge < -0.3 is 15.0 Å². The lowest BCUT2D eigenvalue weighted by Crippen LogP contribution is -2.19. The van der Waals surface area contributed by atoms with Crippen molar-refractivity contribution in [3.63, 3.8) is 0 Å². The van der Waals surface area contributed by atoms with Gasteiger partial charge in [0.15, 0.2) is 0 Å². The van der Waals surface area contributed by atoms with Crippen LogP contribution in [-0.4, -0.2) is 23.2 Å². The zero-order valence-electron chi connectivity index (χ0n) is 12.0. The van der Waals surface area contributed by atoms with E-state index in [4.69, 9.17) is 10.5 Å². The van der Waals surface area contributed by atoms with Crippen LogP contribution in [0, 0.1) is 13.8 Å². The topological polar surface area (TPSA) is 53.1 Å². The summed E-state index contributed by atoms with van der Waals surface area (Å²) in [7, 11) is 3.69. The minimum absolute atomic E-state index is 0.0514. The molecule has 0 spiro atoms. The second-order valence-electron chi connectivity index (χ2n) is 4.88. The second kappa shape index (κ2) is 5.45. The van der Waals surface area contributed by atoms with Crippen LogP contribution in [0.5, 0.6) is 5.75 Å². The molecule has 0 aliphatic heterocycles. The molecule has 1 aromatic heterocycles. The molecule has 4 nitrogen and oxygen atoms in total. The molecule has 1 aromatic carbocycles. The lowest BCUT2D eigenvalue weighted by molar-refractivity contribution is 0.406. The number of rotatable bonds is 4. The fraction of sp³-hybridized carbons (Fsp3) is 0.400. The smallest absolute Gasteiger partial charge is 0.123 e. The molecule has 4 heteroatoms. The normalized spacial score (nSPS) is 12.5. The van der Waals surface area contributed by atoms with Gasteiger partial charge in [0.2, 0.25) is 0 Å². The van der Waals surface area contributed by atoms with E-state index in [1.54, 1.807) is 13.3 Å². The Kier molecular flexibility index (Phi) is 3.90. The van der Waals surface area contributed by atoms with Gasteiger partial charge in [0.1, 0.15) is 11.6 Å². The van der Waals surface area contributed by atoms with Crippen molar-refractivity contribution in [1.29, 1.82) is 0 Å². The van der Waals surface area contributed by atoms with Crippen LogP contribution in [0.15, 0.2) is 24.5 Å². The largest absolute Gasteiger partial charge is 0.496 e. The Morgan fingerprint density at radius 2 is 2.11 bits per heavy atom. The standard InChI is InChI=1S/C15H21N3O/c1-10-7-11(2)14(13(8-10)19-4)12(9-16)15-17-5-6-18(15)3/h5-8,12H,9,16H2,1-4H3. The van der Waals surface area contributed by atoms with E-state index < -0.39 is 0 Å². The Hall–Kier alpha value is -1.81. The molecule has 19 heavy (non-hydrogen) atoms. The summed E-state index contributed by atoms with van der Waals surface area (Å²) >= 11 is 0. The number of nitrogens with two attached hydrogens (primary N) is 1. The Balaban J connectivity index is 2.59. The van der Waals surface area contributed by atoms with Gasteiger partial charge in [-0.25, -0.2) is 4.98 Å². The molecule has 0 amide bonds. The maximum Gasteiger partial charge on any atom is 0.123 e. The third-order valence-electron chi connectivity index (χ3n) is 3.47. The van der Waals surface area contributed by atoms with Crippen LogP contribution in [0.2, 0.25) is 0 Å². The van der Waals surface area contributed by atoms with E-state index in [9.17, 15) is 0 Å². The van der Waals surface area contributed by atoms with Crippen molar-refractivity contribution in [2.45, 2.75) is 19.8 Å². The van der Waals surface area contributed by atoms with E-state index in [-0.39, 0.29) is 5.92 Å². The Morgan fingerprint density at radius 1 is 1.37 bits per heavy atom. The minimum atomic E-state index is 0.0514. The van der Waals surface area contributed by atoms with Crippen LogP contribution in [-0.2, 0) is 7.05 Å². The zero-order chi connectivity index (χ0) is 14.0. The highest BCUT2D eigenvalue weighted by Gasteiger charge is 2.22. The van der Waals surface area contributed by atoms with Crippen LogP contribution in [0.3, 0.4) is 0 Å². The fourth-order valence-electron chi connectivity index (χ4n) is 2.62. The molecule has 2 rings (SSSR count). The molecule has 0 fully saturated rings. The number of nitrogens with zero attached hydrogens (tertiary/aromatic N) is 2. The number of ether oxygens (including phenoxy) is 1. The highest BCUT2D eigenvalue weighted by molar-refractivity contribution is 5.47. The van der Waals surface area contributed by atoms with E-state index in [1.165, 1.54) is 11.1 Å². The van der Waals surface area contributed by atoms with Crippen LogP contribution >= 0.6 is 0 Å². The van der Waals surface area contributed by atoms with E-state index in [0.717, 1.165) is 17.1 Å². The summed E-state index contributed by atoms with van der Waals surface area (Å²) in [5, 5.41) is 0. The monoisotopic (exact) mass is 259 g/mol. The molecule has 1 heterocycles. The number of benzene rings is 1. The molecule has 1 atom stereocenters. The van der Waals surface area contributed by atoms with Crippen molar-refractivity contribution in [2.24, 2.45) is 12.8 Å².